The Labute approximate surface area is 537 Å². The van der Waals surface area contributed by atoms with Gasteiger partial charge in [-0.3, -0.25) is 4.79 Å². The quantitative estimate of drug-likeness (QED) is 0.0347. The minimum Gasteiger partial charge on any atom is -0.479 e. The van der Waals surface area contributed by atoms with E-state index in [4.69, 9.17) is 52.1 Å². The maximum Gasteiger partial charge on any atom is 0.335 e. The lowest BCUT2D eigenvalue weighted by atomic mass is 9.33. The highest BCUT2D eigenvalue weighted by molar-refractivity contribution is 5.77. The van der Waals surface area contributed by atoms with Gasteiger partial charge in [-0.15, -0.1) is 0 Å². The number of hydrogen-bond acceptors (Lipinski definition) is 30. The molecular formula is C62H100O31. The van der Waals surface area contributed by atoms with Crippen LogP contribution in [0.1, 0.15) is 106 Å². The van der Waals surface area contributed by atoms with Crippen molar-refractivity contribution in [2.45, 2.75) is 272 Å². The van der Waals surface area contributed by atoms with Crippen LogP contribution in [0.3, 0.4) is 0 Å². The van der Waals surface area contributed by atoms with Crippen LogP contribution in [-0.4, -0.2) is 309 Å². The lowest BCUT2D eigenvalue weighted by molar-refractivity contribution is -0.394. The van der Waals surface area contributed by atoms with Gasteiger partial charge in [0.2, 0.25) is 0 Å². The van der Waals surface area contributed by atoms with Gasteiger partial charge in [0.1, 0.15) is 116 Å². The van der Waals surface area contributed by atoms with Crippen LogP contribution in [0.4, 0.5) is 0 Å². The van der Waals surface area contributed by atoms with Crippen LogP contribution in [0.2, 0.25) is 0 Å². The lowest BCUT2D eigenvalue weighted by Gasteiger charge is -2.72. The van der Waals surface area contributed by atoms with Crippen molar-refractivity contribution < 1.29 is 154 Å². The zero-order chi connectivity index (χ0) is 68.1. The molecule has 5 heterocycles. The highest BCUT2D eigenvalue weighted by Gasteiger charge is 2.71. The summed E-state index contributed by atoms with van der Waals surface area (Å²) in [4.78, 5) is 25.8. The Morgan fingerprint density at radius 2 is 1.18 bits per heavy atom. The van der Waals surface area contributed by atoms with Crippen molar-refractivity contribution in [1.29, 1.82) is 0 Å². The Kier molecular flexibility index (Phi) is 21.8. The van der Waals surface area contributed by atoms with E-state index < -0.39 is 244 Å². The Morgan fingerprint density at radius 3 is 1.82 bits per heavy atom. The molecule has 18 N–H and O–H groups in total. The van der Waals surface area contributed by atoms with Crippen LogP contribution in [0, 0.1) is 50.2 Å². The number of aliphatic carboxylic acids is 1. The van der Waals surface area contributed by atoms with Crippen LogP contribution in [0.25, 0.3) is 0 Å². The molecule has 9 fully saturated rings. The number of allylic oxidation sites excluding steroid dienone is 2. The molecule has 31 nitrogen and oxygen atoms in total. The average Bonchev–Trinajstić information content (AvgIpc) is 0.674. The molecule has 4 saturated carbocycles. The topological polar surface area (TPSA) is 500 Å². The molecule has 35 atom stereocenters. The Bertz CT molecular complexity index is 2620. The molecule has 0 spiro atoms. The Balaban J connectivity index is 0.855. The van der Waals surface area contributed by atoms with E-state index in [2.05, 4.69) is 40.7 Å². The van der Waals surface area contributed by atoms with Crippen molar-refractivity contribution in [3.05, 3.63) is 11.6 Å². The maximum atomic E-state index is 14.2. The molecule has 5 aliphatic carbocycles. The second kappa shape index (κ2) is 27.6. The molecule has 0 aromatic carbocycles. The number of carbonyl (C=O) groups is 2. The summed E-state index contributed by atoms with van der Waals surface area (Å²) in [5, 5.41) is 194. The third-order valence-electron chi connectivity index (χ3n) is 24.1. The van der Waals surface area contributed by atoms with E-state index in [1.54, 1.807) is 6.92 Å². The number of carbonyl (C=O) groups excluding carboxylic acids is 1. The smallest absolute Gasteiger partial charge is 0.335 e. The third kappa shape index (κ3) is 12.7. The third-order valence-corrected chi connectivity index (χ3v) is 24.1. The van der Waals surface area contributed by atoms with Crippen molar-refractivity contribution in [3.8, 4) is 0 Å². The number of aliphatic hydroxyl groups excluding tert-OH is 17. The second-order valence-electron chi connectivity index (χ2n) is 29.7. The summed E-state index contributed by atoms with van der Waals surface area (Å²) < 4.78 is 65.3. The predicted molar refractivity (Wildman–Crippen MR) is 308 cm³/mol. The molecule has 10 rings (SSSR count). The monoisotopic (exact) mass is 1340 g/mol. The molecule has 534 valence electrons. The van der Waals surface area contributed by atoms with Gasteiger partial charge in [-0.05, 0) is 111 Å². The number of carboxylic acids is 1. The predicted octanol–water partition coefficient (Wildman–Crippen LogP) is -5.13. The first-order valence-corrected chi connectivity index (χ1v) is 32.5. The molecule has 10 aliphatic rings. The molecule has 0 aromatic heterocycles. The fourth-order valence-electron chi connectivity index (χ4n) is 18.2. The molecule has 31 heteroatoms. The summed E-state index contributed by atoms with van der Waals surface area (Å²) in [6, 6.07) is 0. The van der Waals surface area contributed by atoms with E-state index in [0.29, 0.717) is 38.5 Å². The Hall–Kier alpha value is -2.40. The van der Waals surface area contributed by atoms with Gasteiger partial charge in [0.25, 0.3) is 0 Å². The van der Waals surface area contributed by atoms with Crippen LogP contribution in [0.5, 0.6) is 0 Å². The molecule has 0 amide bonds. The SMILES string of the molecule is C[C@@H]1O[C@@H](O[C@H]2[C@H](O[C@H]3CO[C@@H](O[C@H]4CC[C@@]5(C)C(CC[C@]6(C)C5CC=C5C7CC(C)(C(=O)OCC(O)CO[C@H]8O[C@H](C(=O)O)[C@@H](O)[C@H](O)[C@H]8O)CC[C@]7(CO)[C@H](O)C[C@]56C)C4(C)C)[C@H](O[C@@H]4O[C@H](CO)[C@@H](O)[C@H](O)[C@H]4O)[C@H]3O)O[C@H](CO)[C@@H](O)[C@@H]2O)[C@H](O)[C@H](O)[C@H]1O. The van der Waals surface area contributed by atoms with Gasteiger partial charge in [-0.1, -0.05) is 46.3 Å². The van der Waals surface area contributed by atoms with E-state index in [9.17, 15) is 102 Å². The summed E-state index contributed by atoms with van der Waals surface area (Å²) in [5.74, 6) is -2.73. The van der Waals surface area contributed by atoms with Gasteiger partial charge < -0.3 is 144 Å². The zero-order valence-electron chi connectivity index (χ0n) is 53.4. The number of ether oxygens (including phenoxy) is 11. The van der Waals surface area contributed by atoms with Crippen LogP contribution < -0.4 is 0 Å². The molecule has 5 aliphatic heterocycles. The van der Waals surface area contributed by atoms with E-state index in [1.165, 1.54) is 6.92 Å². The van der Waals surface area contributed by atoms with Crippen molar-refractivity contribution >= 4 is 11.9 Å². The van der Waals surface area contributed by atoms with Crippen molar-refractivity contribution in [2.75, 3.05) is 39.6 Å². The zero-order valence-corrected chi connectivity index (χ0v) is 53.4. The Morgan fingerprint density at radius 1 is 0.591 bits per heavy atom. The largest absolute Gasteiger partial charge is 0.479 e. The minimum atomic E-state index is -1.95. The van der Waals surface area contributed by atoms with Gasteiger partial charge in [-0.2, -0.15) is 0 Å². The van der Waals surface area contributed by atoms with Gasteiger partial charge in [0.15, 0.2) is 37.6 Å². The number of rotatable bonds is 18. The van der Waals surface area contributed by atoms with Crippen LogP contribution in [0.15, 0.2) is 11.6 Å². The van der Waals surface area contributed by atoms with Gasteiger partial charge in [-0.25, -0.2) is 4.79 Å². The number of aliphatic hydroxyl groups is 17. The van der Waals surface area contributed by atoms with E-state index >= 15 is 0 Å². The number of fused-ring (bicyclic) bond motifs is 7. The fraction of sp³-hybridized carbons (Fsp3) is 0.935. The highest BCUT2D eigenvalue weighted by atomic mass is 16.8. The van der Waals surface area contributed by atoms with Gasteiger partial charge in [0, 0.05) is 5.41 Å². The number of hydrogen-bond donors (Lipinski definition) is 18. The number of carboxylic acid groups (broad SMARTS) is 1. The average molecular weight is 1340 g/mol. The summed E-state index contributed by atoms with van der Waals surface area (Å²) in [6.45, 7) is 10.4. The molecular weight excluding hydrogens is 1240 g/mol. The standard InChI is InChI=1S/C62H100O31/c1-24-35(68)39(72)45(78)52(86-24)93-49-42(75)37(70)29(19-64)88-55(49)89-30-22-84-54(48(38(30)71)92-53-46(79)40(73)36(69)28(18-63)87-53)90-34-11-12-59(5)31(57(34,2)3)10-13-60(6)32(59)9-8-26-27-16-58(4,14-15-62(27,23-65)33(67)17-61(26,60)7)56(82)85-21-25(66)20-83-51-44(77)41(74)43(76)47(91-51)50(80)81/h8,24-25,27-49,51-55,63-79H,9-23H2,1-7H3,(H,80,81)/t24-,25?,27?,28+,29+,30-,31?,32?,33+,34-,35-,36+,37+,38-,39+,40-,41-,42-,43-,44+,45+,46+,47-,48+,49+,51-,52-,53-,54-,55-,58?,59-,60+,61+,62+/m0/s1. The lowest BCUT2D eigenvalue weighted by Crippen LogP contribution is -2.68. The molecule has 5 saturated heterocycles. The second-order valence-corrected chi connectivity index (χ2v) is 29.7. The molecule has 93 heavy (non-hydrogen) atoms. The summed E-state index contributed by atoms with van der Waals surface area (Å²) >= 11 is 0. The maximum absolute atomic E-state index is 14.2. The first-order valence-electron chi connectivity index (χ1n) is 32.5. The molecule has 0 bridgehead atoms. The first kappa shape index (κ1) is 73.3. The summed E-state index contributed by atoms with van der Waals surface area (Å²) in [7, 11) is 0. The summed E-state index contributed by atoms with van der Waals surface area (Å²) in [6.07, 6.45) is -38.4. The molecule has 0 radical (unpaired) electrons. The molecule has 0 aromatic rings. The number of esters is 1. The summed E-state index contributed by atoms with van der Waals surface area (Å²) in [5.41, 5.74) is -3.21. The fourth-order valence-corrected chi connectivity index (χ4v) is 18.2. The van der Waals surface area contributed by atoms with Crippen molar-refractivity contribution in [2.24, 2.45) is 50.2 Å². The van der Waals surface area contributed by atoms with Crippen LogP contribution in [-0.2, 0) is 61.7 Å². The first-order chi connectivity index (χ1) is 43.6. The normalized spacial score (nSPS) is 52.6. The molecule has 5 unspecified atom stereocenters. The highest BCUT2D eigenvalue weighted by Crippen LogP contribution is 2.76. The van der Waals surface area contributed by atoms with E-state index in [-0.39, 0.29) is 43.1 Å². The van der Waals surface area contributed by atoms with Crippen molar-refractivity contribution in [3.63, 3.8) is 0 Å². The van der Waals surface area contributed by atoms with Crippen molar-refractivity contribution in [1.82, 2.24) is 0 Å². The minimum absolute atomic E-state index is 0.0273. The van der Waals surface area contributed by atoms with Crippen LogP contribution >= 0.6 is 0 Å². The van der Waals surface area contributed by atoms with E-state index in [1.807, 2.05) is 0 Å². The van der Waals surface area contributed by atoms with Gasteiger partial charge in [0.05, 0.1) is 56.8 Å². The van der Waals surface area contributed by atoms with Gasteiger partial charge >= 0.3 is 11.9 Å². The van der Waals surface area contributed by atoms with E-state index in [0.717, 1.165) is 5.57 Å².